The lowest BCUT2D eigenvalue weighted by atomic mass is 10.2. The van der Waals surface area contributed by atoms with Gasteiger partial charge in [0, 0.05) is 12.7 Å². The fraction of sp³-hybridized carbons (Fsp3) is 0.143. The van der Waals surface area contributed by atoms with Gasteiger partial charge in [0.2, 0.25) is 5.71 Å². The van der Waals surface area contributed by atoms with E-state index in [0.29, 0.717) is 17.8 Å². The SMILES string of the molecule is NCc1ccnc2oc(=O)[nH]c12. The molecule has 0 amide bonds. The monoisotopic (exact) mass is 165 g/mol. The zero-order chi connectivity index (χ0) is 8.55. The number of hydrogen-bond acceptors (Lipinski definition) is 4. The summed E-state index contributed by atoms with van der Waals surface area (Å²) in [7, 11) is 0. The lowest BCUT2D eigenvalue weighted by molar-refractivity contribution is 0.545. The lowest BCUT2D eigenvalue weighted by Crippen LogP contribution is -1.99. The molecule has 0 fully saturated rings. The van der Waals surface area contributed by atoms with Gasteiger partial charge in [-0.15, -0.1) is 0 Å². The molecule has 2 heterocycles. The van der Waals surface area contributed by atoms with E-state index in [1.807, 2.05) is 0 Å². The van der Waals surface area contributed by atoms with Gasteiger partial charge in [0.25, 0.3) is 0 Å². The topological polar surface area (TPSA) is 84.9 Å². The second-order valence-corrected chi connectivity index (χ2v) is 2.37. The number of oxazole rings is 1. The molecule has 5 nitrogen and oxygen atoms in total. The van der Waals surface area contributed by atoms with E-state index >= 15 is 0 Å². The Morgan fingerprint density at radius 2 is 2.50 bits per heavy atom. The van der Waals surface area contributed by atoms with E-state index in [1.54, 1.807) is 12.3 Å². The van der Waals surface area contributed by atoms with Gasteiger partial charge >= 0.3 is 5.76 Å². The van der Waals surface area contributed by atoms with Crippen molar-refractivity contribution in [2.75, 3.05) is 0 Å². The Labute approximate surface area is 67.2 Å². The highest BCUT2D eigenvalue weighted by atomic mass is 16.4. The number of aromatic amines is 1. The molecule has 0 radical (unpaired) electrons. The summed E-state index contributed by atoms with van der Waals surface area (Å²) in [5.41, 5.74) is 7.15. The quantitative estimate of drug-likeness (QED) is 0.621. The number of pyridine rings is 1. The normalized spacial score (nSPS) is 10.8. The van der Waals surface area contributed by atoms with Crippen LogP contribution in [0.1, 0.15) is 5.56 Å². The van der Waals surface area contributed by atoms with Gasteiger partial charge in [0.1, 0.15) is 5.52 Å². The van der Waals surface area contributed by atoms with Gasteiger partial charge < -0.3 is 10.2 Å². The number of rotatable bonds is 1. The second-order valence-electron chi connectivity index (χ2n) is 2.37. The molecule has 0 aliphatic heterocycles. The van der Waals surface area contributed by atoms with E-state index in [-0.39, 0.29) is 0 Å². The van der Waals surface area contributed by atoms with Crippen LogP contribution in [0.15, 0.2) is 21.5 Å². The fourth-order valence-corrected chi connectivity index (χ4v) is 1.08. The molecule has 0 bridgehead atoms. The second kappa shape index (κ2) is 2.46. The Morgan fingerprint density at radius 1 is 1.67 bits per heavy atom. The summed E-state index contributed by atoms with van der Waals surface area (Å²) in [6, 6.07) is 1.74. The van der Waals surface area contributed by atoms with Gasteiger partial charge in [0.15, 0.2) is 0 Å². The first-order valence-corrected chi connectivity index (χ1v) is 3.48. The highest BCUT2D eigenvalue weighted by molar-refractivity contribution is 5.71. The third-order valence-electron chi connectivity index (χ3n) is 1.64. The van der Waals surface area contributed by atoms with Crippen molar-refractivity contribution in [2.45, 2.75) is 6.54 Å². The summed E-state index contributed by atoms with van der Waals surface area (Å²) in [5, 5.41) is 0. The summed E-state index contributed by atoms with van der Waals surface area (Å²) < 4.78 is 4.73. The van der Waals surface area contributed by atoms with Crippen molar-refractivity contribution < 1.29 is 4.42 Å². The van der Waals surface area contributed by atoms with Crippen molar-refractivity contribution >= 4 is 11.2 Å². The molecular weight excluding hydrogens is 158 g/mol. The van der Waals surface area contributed by atoms with Crippen LogP contribution in [-0.4, -0.2) is 9.97 Å². The first-order valence-electron chi connectivity index (χ1n) is 3.48. The average Bonchev–Trinajstić information content (AvgIpc) is 2.44. The van der Waals surface area contributed by atoms with Crippen LogP contribution >= 0.6 is 0 Å². The summed E-state index contributed by atoms with van der Waals surface area (Å²) >= 11 is 0. The van der Waals surface area contributed by atoms with Crippen LogP contribution in [0.2, 0.25) is 0 Å². The standard InChI is InChI=1S/C7H7N3O2/c8-3-4-1-2-9-6-5(4)10-7(11)12-6/h1-2H,3,8H2,(H,10,11). The zero-order valence-corrected chi connectivity index (χ0v) is 6.20. The minimum absolute atomic E-state index is 0.308. The molecule has 12 heavy (non-hydrogen) atoms. The zero-order valence-electron chi connectivity index (χ0n) is 6.20. The third kappa shape index (κ3) is 0.911. The third-order valence-corrected chi connectivity index (χ3v) is 1.64. The molecule has 0 aliphatic carbocycles. The van der Waals surface area contributed by atoms with E-state index < -0.39 is 5.76 Å². The van der Waals surface area contributed by atoms with Crippen LogP contribution in [0.4, 0.5) is 0 Å². The minimum Gasteiger partial charge on any atom is -0.389 e. The van der Waals surface area contributed by atoms with Crippen molar-refractivity contribution in [1.82, 2.24) is 9.97 Å². The van der Waals surface area contributed by atoms with Crippen LogP contribution in [0, 0.1) is 0 Å². The Balaban J connectivity index is 2.87. The van der Waals surface area contributed by atoms with Crippen molar-refractivity contribution in [3.8, 4) is 0 Å². The summed E-state index contributed by atoms with van der Waals surface area (Å²) in [6.45, 7) is 0.356. The van der Waals surface area contributed by atoms with Gasteiger partial charge in [-0.25, -0.2) is 9.78 Å². The van der Waals surface area contributed by atoms with Crippen molar-refractivity contribution in [3.63, 3.8) is 0 Å². The van der Waals surface area contributed by atoms with E-state index in [1.165, 1.54) is 0 Å². The molecule has 0 saturated carbocycles. The van der Waals surface area contributed by atoms with Gasteiger partial charge in [-0.3, -0.25) is 4.98 Å². The Morgan fingerprint density at radius 3 is 3.25 bits per heavy atom. The number of nitrogens with two attached hydrogens (primary N) is 1. The van der Waals surface area contributed by atoms with Crippen LogP contribution in [0.3, 0.4) is 0 Å². The van der Waals surface area contributed by atoms with Gasteiger partial charge in [-0.1, -0.05) is 0 Å². The number of fused-ring (bicyclic) bond motifs is 1. The number of H-pyrrole nitrogens is 1. The first kappa shape index (κ1) is 7.05. The number of aromatic nitrogens is 2. The summed E-state index contributed by atoms with van der Waals surface area (Å²) in [4.78, 5) is 17.1. The van der Waals surface area contributed by atoms with E-state index in [4.69, 9.17) is 10.2 Å². The molecule has 62 valence electrons. The summed E-state index contributed by atoms with van der Waals surface area (Å²) in [5.74, 6) is -0.501. The molecule has 0 spiro atoms. The van der Waals surface area contributed by atoms with E-state index in [0.717, 1.165) is 5.56 Å². The first-order chi connectivity index (χ1) is 5.81. The maximum atomic E-state index is 10.8. The van der Waals surface area contributed by atoms with Crippen LogP contribution < -0.4 is 11.5 Å². The summed E-state index contributed by atoms with van der Waals surface area (Å²) in [6.07, 6.45) is 1.56. The Kier molecular flexibility index (Phi) is 1.44. The molecular formula is C7H7N3O2. The van der Waals surface area contributed by atoms with Crippen LogP contribution in [-0.2, 0) is 6.54 Å². The van der Waals surface area contributed by atoms with Gasteiger partial charge in [0.05, 0.1) is 0 Å². The van der Waals surface area contributed by atoms with Crippen molar-refractivity contribution in [1.29, 1.82) is 0 Å². The van der Waals surface area contributed by atoms with E-state index in [9.17, 15) is 4.79 Å². The predicted octanol–water partition coefficient (Wildman–Crippen LogP) is -0.0252. The average molecular weight is 165 g/mol. The van der Waals surface area contributed by atoms with Crippen molar-refractivity contribution in [2.24, 2.45) is 5.73 Å². The van der Waals surface area contributed by atoms with Crippen molar-refractivity contribution in [3.05, 3.63) is 28.4 Å². The molecule has 0 aliphatic rings. The molecule has 0 unspecified atom stereocenters. The minimum atomic E-state index is -0.501. The molecule has 2 aromatic heterocycles. The van der Waals surface area contributed by atoms with Gasteiger partial charge in [-0.05, 0) is 11.6 Å². The molecule has 2 aromatic rings. The Bertz CT molecular complexity index is 457. The highest BCUT2D eigenvalue weighted by Gasteiger charge is 2.04. The number of hydrogen-bond donors (Lipinski definition) is 2. The smallest absolute Gasteiger partial charge is 0.389 e. The number of nitrogens with zero attached hydrogens (tertiary/aromatic N) is 1. The molecule has 3 N–H and O–H groups in total. The maximum Gasteiger partial charge on any atom is 0.418 e. The molecule has 0 saturated heterocycles. The van der Waals surface area contributed by atoms with Gasteiger partial charge in [-0.2, -0.15) is 0 Å². The largest absolute Gasteiger partial charge is 0.418 e. The highest BCUT2D eigenvalue weighted by Crippen LogP contribution is 2.10. The molecule has 2 rings (SSSR count). The number of nitrogens with one attached hydrogen (secondary N) is 1. The predicted molar refractivity (Wildman–Crippen MR) is 42.5 cm³/mol. The molecule has 5 heteroatoms. The van der Waals surface area contributed by atoms with E-state index in [2.05, 4.69) is 9.97 Å². The van der Waals surface area contributed by atoms with Crippen LogP contribution in [0.25, 0.3) is 11.2 Å². The Hall–Kier alpha value is -1.62. The fourth-order valence-electron chi connectivity index (χ4n) is 1.08. The maximum absolute atomic E-state index is 10.8. The molecule has 0 atom stereocenters. The lowest BCUT2D eigenvalue weighted by Gasteiger charge is -1.93. The van der Waals surface area contributed by atoms with Crippen LogP contribution in [0.5, 0.6) is 0 Å². The molecule has 0 aromatic carbocycles.